The minimum Gasteiger partial charge on any atom is -0.481 e. The highest BCUT2D eigenvalue weighted by Crippen LogP contribution is 2.19. The third-order valence-electron chi connectivity index (χ3n) is 3.46. The van der Waals surface area contributed by atoms with Gasteiger partial charge in [-0.15, -0.1) is 0 Å². The minimum absolute atomic E-state index is 0.0347. The number of likely N-dealkylation sites (tertiary alicyclic amines) is 1. The van der Waals surface area contributed by atoms with Crippen molar-refractivity contribution >= 4 is 22.0 Å². The lowest BCUT2D eigenvalue weighted by Crippen LogP contribution is -2.47. The van der Waals surface area contributed by atoms with Gasteiger partial charge in [0.1, 0.15) is 0 Å². The number of nitrogens with zero attached hydrogens (tertiary/aromatic N) is 2. The van der Waals surface area contributed by atoms with Crippen LogP contribution in [-0.4, -0.2) is 74.2 Å². The lowest BCUT2D eigenvalue weighted by atomic mass is 9.95. The van der Waals surface area contributed by atoms with Gasteiger partial charge in [0, 0.05) is 40.2 Å². The van der Waals surface area contributed by atoms with E-state index in [1.807, 2.05) is 0 Å². The van der Waals surface area contributed by atoms with E-state index in [-0.39, 0.29) is 30.7 Å². The normalized spacial score (nSPS) is 19.6. The van der Waals surface area contributed by atoms with Crippen LogP contribution < -0.4 is 5.32 Å². The standard InChI is InChI=1S/C12H23N3O5S/c1-14(2)21(19,20)7-5-13-12(18)15-6-3-4-10(9-15)8-11(16)17/h10H,3-9H2,1-2H3,(H,13,18)(H,16,17). The summed E-state index contributed by atoms with van der Waals surface area (Å²) in [7, 11) is -0.443. The van der Waals surface area contributed by atoms with Crippen molar-refractivity contribution in [2.45, 2.75) is 19.3 Å². The third kappa shape index (κ3) is 5.88. The summed E-state index contributed by atoms with van der Waals surface area (Å²) in [4.78, 5) is 24.2. The van der Waals surface area contributed by atoms with Crippen LogP contribution in [0.25, 0.3) is 0 Å². The molecule has 0 bridgehead atoms. The van der Waals surface area contributed by atoms with Crippen molar-refractivity contribution in [3.8, 4) is 0 Å². The van der Waals surface area contributed by atoms with Crippen molar-refractivity contribution in [2.24, 2.45) is 5.92 Å². The zero-order valence-electron chi connectivity index (χ0n) is 12.4. The summed E-state index contributed by atoms with van der Waals surface area (Å²) in [6.07, 6.45) is 1.62. The number of hydrogen-bond acceptors (Lipinski definition) is 4. The van der Waals surface area contributed by atoms with Crippen LogP contribution in [0, 0.1) is 5.92 Å². The molecule has 122 valence electrons. The molecule has 9 heteroatoms. The Labute approximate surface area is 125 Å². The van der Waals surface area contributed by atoms with Crippen LogP contribution >= 0.6 is 0 Å². The Morgan fingerprint density at radius 3 is 2.62 bits per heavy atom. The molecule has 1 fully saturated rings. The number of carbonyl (C=O) groups excluding carboxylic acids is 1. The van der Waals surface area contributed by atoms with E-state index in [9.17, 15) is 18.0 Å². The summed E-state index contributed by atoms with van der Waals surface area (Å²) in [5.74, 6) is -1.05. The van der Waals surface area contributed by atoms with Gasteiger partial charge < -0.3 is 15.3 Å². The van der Waals surface area contributed by atoms with Gasteiger partial charge in [-0.1, -0.05) is 0 Å². The molecule has 0 aromatic rings. The molecular weight excluding hydrogens is 298 g/mol. The maximum absolute atomic E-state index is 11.9. The summed E-state index contributed by atoms with van der Waals surface area (Å²) < 4.78 is 24.2. The molecule has 0 aromatic heterocycles. The van der Waals surface area contributed by atoms with Crippen LogP contribution in [0.15, 0.2) is 0 Å². The Kier molecular flexibility index (Phi) is 6.41. The fourth-order valence-electron chi connectivity index (χ4n) is 2.24. The van der Waals surface area contributed by atoms with Crippen molar-refractivity contribution in [3.63, 3.8) is 0 Å². The molecule has 0 aromatic carbocycles. The van der Waals surface area contributed by atoms with Gasteiger partial charge in [0.2, 0.25) is 10.0 Å². The maximum atomic E-state index is 11.9. The fourth-order valence-corrected chi connectivity index (χ4v) is 2.97. The van der Waals surface area contributed by atoms with Gasteiger partial charge in [-0.05, 0) is 18.8 Å². The van der Waals surface area contributed by atoms with Gasteiger partial charge in [0.05, 0.1) is 5.75 Å². The number of carboxylic acid groups (broad SMARTS) is 1. The Balaban J connectivity index is 2.40. The minimum atomic E-state index is -3.33. The predicted molar refractivity (Wildman–Crippen MR) is 77.4 cm³/mol. The Hall–Kier alpha value is -1.35. The predicted octanol–water partition coefficient (Wildman–Crippen LogP) is -0.226. The second kappa shape index (κ2) is 7.60. The third-order valence-corrected chi connectivity index (χ3v) is 5.29. The summed E-state index contributed by atoms with van der Waals surface area (Å²) in [6, 6.07) is -0.334. The van der Waals surface area contributed by atoms with E-state index in [2.05, 4.69) is 5.32 Å². The number of carbonyl (C=O) groups is 2. The molecule has 8 nitrogen and oxygen atoms in total. The van der Waals surface area contributed by atoms with E-state index in [4.69, 9.17) is 5.11 Å². The van der Waals surface area contributed by atoms with Crippen LogP contribution in [0.2, 0.25) is 0 Å². The highest BCUT2D eigenvalue weighted by Gasteiger charge is 2.25. The summed E-state index contributed by atoms with van der Waals surface area (Å²) in [5, 5.41) is 11.4. The van der Waals surface area contributed by atoms with Crippen LogP contribution in [0.4, 0.5) is 4.79 Å². The SMILES string of the molecule is CN(C)S(=O)(=O)CCNC(=O)N1CCCC(CC(=O)O)C1. The number of sulfonamides is 1. The van der Waals surface area contributed by atoms with Gasteiger partial charge in [-0.25, -0.2) is 17.5 Å². The van der Waals surface area contributed by atoms with Crippen LogP contribution in [0.1, 0.15) is 19.3 Å². The Morgan fingerprint density at radius 1 is 1.38 bits per heavy atom. The molecule has 1 atom stereocenters. The van der Waals surface area contributed by atoms with Gasteiger partial charge in [0.15, 0.2) is 0 Å². The molecule has 0 saturated carbocycles. The fraction of sp³-hybridized carbons (Fsp3) is 0.833. The smallest absolute Gasteiger partial charge is 0.317 e. The molecule has 2 amide bonds. The molecule has 1 unspecified atom stereocenters. The first-order valence-corrected chi connectivity index (χ1v) is 8.48. The first-order chi connectivity index (χ1) is 9.72. The largest absolute Gasteiger partial charge is 0.481 e. The first kappa shape index (κ1) is 17.7. The van der Waals surface area contributed by atoms with Crippen molar-refractivity contribution in [1.29, 1.82) is 0 Å². The monoisotopic (exact) mass is 321 g/mol. The number of piperidine rings is 1. The molecule has 1 aliphatic rings. The van der Waals surface area contributed by atoms with Gasteiger partial charge in [0.25, 0.3) is 0 Å². The average Bonchev–Trinajstić information content (AvgIpc) is 2.37. The number of rotatable bonds is 6. The second-order valence-corrected chi connectivity index (χ2v) is 7.68. The van der Waals surface area contributed by atoms with E-state index in [1.54, 1.807) is 4.90 Å². The summed E-state index contributed by atoms with van der Waals surface area (Å²) in [6.45, 7) is 1.01. The first-order valence-electron chi connectivity index (χ1n) is 6.87. The highest BCUT2D eigenvalue weighted by molar-refractivity contribution is 7.89. The topological polar surface area (TPSA) is 107 Å². The summed E-state index contributed by atoms with van der Waals surface area (Å²) >= 11 is 0. The van der Waals surface area contributed by atoms with Crippen molar-refractivity contribution in [3.05, 3.63) is 0 Å². The van der Waals surface area contributed by atoms with Gasteiger partial charge in [-0.2, -0.15) is 0 Å². The molecular formula is C12H23N3O5S. The lowest BCUT2D eigenvalue weighted by molar-refractivity contribution is -0.138. The molecule has 1 rings (SSSR count). The number of urea groups is 1. The number of carboxylic acids is 1. The maximum Gasteiger partial charge on any atom is 0.317 e. The number of aliphatic carboxylic acids is 1. The molecule has 0 spiro atoms. The van der Waals surface area contributed by atoms with Crippen molar-refractivity contribution in [2.75, 3.05) is 39.5 Å². The quantitative estimate of drug-likeness (QED) is 0.703. The molecule has 0 radical (unpaired) electrons. The van der Waals surface area contributed by atoms with E-state index in [0.717, 1.165) is 17.1 Å². The highest BCUT2D eigenvalue weighted by atomic mass is 32.2. The Bertz CT molecular complexity index is 477. The van der Waals surface area contributed by atoms with Crippen LogP contribution in [0.3, 0.4) is 0 Å². The zero-order valence-corrected chi connectivity index (χ0v) is 13.2. The summed E-state index contributed by atoms with van der Waals surface area (Å²) in [5.41, 5.74) is 0. The number of amides is 2. The molecule has 1 heterocycles. The van der Waals surface area contributed by atoms with E-state index in [0.29, 0.717) is 13.1 Å². The van der Waals surface area contributed by atoms with Crippen LogP contribution in [-0.2, 0) is 14.8 Å². The number of hydrogen-bond donors (Lipinski definition) is 2. The molecule has 2 N–H and O–H groups in total. The zero-order chi connectivity index (χ0) is 16.0. The van der Waals surface area contributed by atoms with E-state index >= 15 is 0 Å². The van der Waals surface area contributed by atoms with E-state index < -0.39 is 16.0 Å². The van der Waals surface area contributed by atoms with Gasteiger partial charge >= 0.3 is 12.0 Å². The van der Waals surface area contributed by atoms with Gasteiger partial charge in [-0.3, -0.25) is 4.79 Å². The second-order valence-electron chi connectivity index (χ2n) is 5.38. The van der Waals surface area contributed by atoms with Crippen molar-refractivity contribution < 1.29 is 23.1 Å². The molecule has 1 saturated heterocycles. The van der Waals surface area contributed by atoms with Crippen LogP contribution in [0.5, 0.6) is 0 Å². The molecule has 21 heavy (non-hydrogen) atoms. The number of nitrogens with one attached hydrogen (secondary N) is 1. The molecule has 1 aliphatic heterocycles. The Morgan fingerprint density at radius 2 is 2.05 bits per heavy atom. The lowest BCUT2D eigenvalue weighted by Gasteiger charge is -2.32. The van der Waals surface area contributed by atoms with Crippen molar-refractivity contribution in [1.82, 2.24) is 14.5 Å². The van der Waals surface area contributed by atoms with E-state index in [1.165, 1.54) is 14.1 Å². The average molecular weight is 321 g/mol. The molecule has 0 aliphatic carbocycles.